The van der Waals surface area contributed by atoms with Crippen molar-refractivity contribution in [2.45, 2.75) is 6.54 Å². The highest BCUT2D eigenvalue weighted by Crippen LogP contribution is 2.26. The monoisotopic (exact) mass is 368 g/mol. The lowest BCUT2D eigenvalue weighted by Gasteiger charge is -2.14. The van der Waals surface area contributed by atoms with Gasteiger partial charge in [-0.2, -0.15) is 0 Å². The molecule has 0 spiro atoms. The normalized spacial score (nSPS) is 12.7. The Morgan fingerprint density at radius 3 is 2.52 bits per heavy atom. The molecule has 2 aromatic carbocycles. The van der Waals surface area contributed by atoms with Crippen molar-refractivity contribution in [1.82, 2.24) is 4.90 Å². The summed E-state index contributed by atoms with van der Waals surface area (Å²) in [6.07, 6.45) is 0. The van der Waals surface area contributed by atoms with Crippen LogP contribution >= 0.6 is 0 Å². The molecule has 1 heterocycles. The van der Waals surface area contributed by atoms with Crippen LogP contribution in [0.2, 0.25) is 0 Å². The number of hydrogen-bond acceptors (Lipinski definition) is 5. The van der Waals surface area contributed by atoms with Crippen molar-refractivity contribution >= 4 is 23.5 Å². The van der Waals surface area contributed by atoms with Crippen LogP contribution in [0.4, 0.5) is 5.69 Å². The summed E-state index contributed by atoms with van der Waals surface area (Å²) in [4.78, 5) is 38.5. The van der Waals surface area contributed by atoms with Crippen LogP contribution in [0.1, 0.15) is 36.6 Å². The number of fused-ring (bicyclic) bond motifs is 1. The zero-order chi connectivity index (χ0) is 19.4. The van der Waals surface area contributed by atoms with Crippen molar-refractivity contribution in [2.75, 3.05) is 32.7 Å². The van der Waals surface area contributed by atoms with Crippen molar-refractivity contribution < 1.29 is 23.9 Å². The van der Waals surface area contributed by atoms with Gasteiger partial charge in [0.2, 0.25) is 0 Å². The Balaban J connectivity index is 1.78. The second-order valence-electron chi connectivity index (χ2n) is 6.08. The van der Waals surface area contributed by atoms with Crippen LogP contribution in [-0.4, -0.2) is 50.1 Å². The van der Waals surface area contributed by atoms with Crippen molar-refractivity contribution in [3.05, 3.63) is 64.7 Å². The Labute approximate surface area is 156 Å². The van der Waals surface area contributed by atoms with Crippen LogP contribution < -0.4 is 5.32 Å². The van der Waals surface area contributed by atoms with Gasteiger partial charge in [0.1, 0.15) is 0 Å². The van der Waals surface area contributed by atoms with Gasteiger partial charge in [-0.15, -0.1) is 0 Å². The highest BCUT2D eigenvalue weighted by molar-refractivity contribution is 6.13. The molecule has 0 unspecified atom stereocenters. The molecular formula is C20H20N2O5. The zero-order valence-corrected chi connectivity index (χ0v) is 15.2. The number of nitrogens with zero attached hydrogens (tertiary/aromatic N) is 1. The first-order chi connectivity index (χ1) is 13.0. The molecule has 2 aromatic rings. The third kappa shape index (κ3) is 3.83. The fraction of sp³-hybridized carbons (Fsp3) is 0.250. The molecule has 7 nitrogen and oxygen atoms in total. The molecular weight excluding hydrogens is 348 g/mol. The number of amides is 2. The first kappa shape index (κ1) is 18.6. The predicted octanol–water partition coefficient (Wildman–Crippen LogP) is 2.33. The number of methoxy groups -OCH3 is 2. The third-order valence-electron chi connectivity index (χ3n) is 4.39. The average Bonchev–Trinajstić information content (AvgIpc) is 3.02. The summed E-state index contributed by atoms with van der Waals surface area (Å²) in [5.41, 5.74) is 2.49. The van der Waals surface area contributed by atoms with Gasteiger partial charge < -0.3 is 19.7 Å². The summed E-state index contributed by atoms with van der Waals surface area (Å²) in [5.74, 6) is -0.996. The number of anilines is 1. The molecule has 0 fully saturated rings. The van der Waals surface area contributed by atoms with Crippen LogP contribution in [-0.2, 0) is 16.0 Å². The minimum Gasteiger partial charge on any atom is -0.465 e. The molecule has 0 radical (unpaired) electrons. The maximum atomic E-state index is 12.7. The van der Waals surface area contributed by atoms with E-state index in [9.17, 15) is 14.4 Å². The third-order valence-corrected chi connectivity index (χ3v) is 4.39. The molecule has 0 bridgehead atoms. The number of esters is 1. The minimum atomic E-state index is -0.449. The molecule has 1 aliphatic rings. The molecule has 140 valence electrons. The Morgan fingerprint density at radius 1 is 1.11 bits per heavy atom. The first-order valence-electron chi connectivity index (χ1n) is 8.45. The van der Waals surface area contributed by atoms with Crippen LogP contribution in [0, 0.1) is 0 Å². The number of carbonyl (C=O) groups is 3. The van der Waals surface area contributed by atoms with E-state index >= 15 is 0 Å². The van der Waals surface area contributed by atoms with Gasteiger partial charge in [-0.25, -0.2) is 4.79 Å². The van der Waals surface area contributed by atoms with Gasteiger partial charge in [0, 0.05) is 25.9 Å². The highest BCUT2D eigenvalue weighted by atomic mass is 16.5. The summed E-state index contributed by atoms with van der Waals surface area (Å²) in [7, 11) is 2.89. The summed E-state index contributed by atoms with van der Waals surface area (Å²) < 4.78 is 9.69. The molecule has 1 N–H and O–H groups in total. The number of hydrogen-bond donors (Lipinski definition) is 1. The SMILES string of the molecule is COCCN1Cc2cccc(C(=O)Nc3ccc(C(=O)OC)cc3)c2C1=O. The van der Waals surface area contributed by atoms with E-state index < -0.39 is 5.97 Å². The number of benzene rings is 2. The number of nitrogens with one attached hydrogen (secondary N) is 1. The fourth-order valence-electron chi connectivity index (χ4n) is 3.00. The molecule has 0 aromatic heterocycles. The maximum absolute atomic E-state index is 12.7. The maximum Gasteiger partial charge on any atom is 0.337 e. The van der Waals surface area contributed by atoms with Crippen LogP contribution in [0.25, 0.3) is 0 Å². The molecule has 0 atom stereocenters. The summed E-state index contributed by atoms with van der Waals surface area (Å²) in [5, 5.41) is 2.76. The topological polar surface area (TPSA) is 84.9 Å². The van der Waals surface area contributed by atoms with E-state index in [0.717, 1.165) is 5.56 Å². The quantitative estimate of drug-likeness (QED) is 0.791. The zero-order valence-electron chi connectivity index (χ0n) is 15.2. The van der Waals surface area contributed by atoms with Crippen LogP contribution in [0.15, 0.2) is 42.5 Å². The smallest absolute Gasteiger partial charge is 0.337 e. The van der Waals surface area contributed by atoms with Gasteiger partial charge in [0.25, 0.3) is 11.8 Å². The molecule has 0 aliphatic carbocycles. The predicted molar refractivity (Wildman–Crippen MR) is 98.8 cm³/mol. The first-order valence-corrected chi connectivity index (χ1v) is 8.45. The van der Waals surface area contributed by atoms with Crippen molar-refractivity contribution in [2.24, 2.45) is 0 Å². The highest BCUT2D eigenvalue weighted by Gasteiger charge is 2.31. The van der Waals surface area contributed by atoms with Crippen molar-refractivity contribution in [3.8, 4) is 0 Å². The summed E-state index contributed by atoms with van der Waals surface area (Å²) in [6, 6.07) is 11.6. The van der Waals surface area contributed by atoms with Crippen molar-refractivity contribution in [3.63, 3.8) is 0 Å². The second-order valence-corrected chi connectivity index (χ2v) is 6.08. The Bertz CT molecular complexity index is 876. The number of rotatable bonds is 6. The van der Waals surface area contributed by atoms with Gasteiger partial charge >= 0.3 is 5.97 Å². The van der Waals surface area contributed by atoms with Gasteiger partial charge in [-0.1, -0.05) is 12.1 Å². The van der Waals surface area contributed by atoms with E-state index in [2.05, 4.69) is 10.1 Å². The Hall–Kier alpha value is -3.19. The average molecular weight is 368 g/mol. The Kier molecular flexibility index (Phi) is 5.52. The van der Waals surface area contributed by atoms with E-state index in [4.69, 9.17) is 4.74 Å². The second kappa shape index (κ2) is 8.01. The molecule has 2 amide bonds. The molecule has 0 saturated heterocycles. The Morgan fingerprint density at radius 2 is 1.85 bits per heavy atom. The van der Waals surface area contributed by atoms with E-state index in [0.29, 0.717) is 42.1 Å². The fourth-order valence-corrected chi connectivity index (χ4v) is 3.00. The van der Waals surface area contributed by atoms with Gasteiger partial charge in [0.05, 0.1) is 30.4 Å². The molecule has 7 heteroatoms. The largest absolute Gasteiger partial charge is 0.465 e. The lowest BCUT2D eigenvalue weighted by molar-refractivity contribution is 0.0600. The van der Waals surface area contributed by atoms with E-state index in [1.54, 1.807) is 48.4 Å². The molecule has 3 rings (SSSR count). The van der Waals surface area contributed by atoms with E-state index in [-0.39, 0.29) is 11.8 Å². The van der Waals surface area contributed by atoms with Gasteiger partial charge in [-0.05, 0) is 35.9 Å². The number of carbonyl (C=O) groups excluding carboxylic acids is 3. The summed E-state index contributed by atoms with van der Waals surface area (Å²) in [6.45, 7) is 1.38. The van der Waals surface area contributed by atoms with Gasteiger partial charge in [-0.3, -0.25) is 9.59 Å². The molecule has 1 aliphatic heterocycles. The minimum absolute atomic E-state index is 0.172. The van der Waals surface area contributed by atoms with Crippen LogP contribution in [0.5, 0.6) is 0 Å². The van der Waals surface area contributed by atoms with Crippen LogP contribution in [0.3, 0.4) is 0 Å². The van der Waals surface area contributed by atoms with Gasteiger partial charge in [0.15, 0.2) is 0 Å². The van der Waals surface area contributed by atoms with E-state index in [1.807, 2.05) is 6.07 Å². The molecule has 0 saturated carbocycles. The molecule has 27 heavy (non-hydrogen) atoms. The van der Waals surface area contributed by atoms with E-state index in [1.165, 1.54) is 7.11 Å². The number of ether oxygens (including phenoxy) is 2. The van der Waals surface area contributed by atoms with Crippen molar-refractivity contribution in [1.29, 1.82) is 0 Å². The summed E-state index contributed by atoms with van der Waals surface area (Å²) >= 11 is 0. The lowest BCUT2D eigenvalue weighted by Crippen LogP contribution is -2.28. The lowest BCUT2D eigenvalue weighted by atomic mass is 10.0. The standard InChI is InChI=1S/C20H20N2O5/c1-26-11-10-22-12-14-4-3-5-16(17(14)19(22)24)18(23)21-15-8-6-13(7-9-15)20(25)27-2/h3-9H,10-12H2,1-2H3,(H,21,23).